The summed E-state index contributed by atoms with van der Waals surface area (Å²) >= 11 is 1.70. The number of morpholine rings is 1. The molecule has 2 aromatic heterocycles. The monoisotopic (exact) mass is 422 g/mol. The maximum atomic E-state index is 13.3. The van der Waals surface area contributed by atoms with Gasteiger partial charge in [0, 0.05) is 42.2 Å². The van der Waals surface area contributed by atoms with E-state index in [1.54, 1.807) is 11.3 Å². The summed E-state index contributed by atoms with van der Waals surface area (Å²) in [6.45, 7) is 7.35. The molecule has 0 radical (unpaired) electrons. The minimum atomic E-state index is -0.0766. The van der Waals surface area contributed by atoms with Gasteiger partial charge in [0.1, 0.15) is 5.69 Å². The zero-order valence-electron chi connectivity index (χ0n) is 17.1. The third kappa shape index (κ3) is 3.57. The molecule has 156 valence electrons. The quantitative estimate of drug-likeness (QED) is 0.658. The van der Waals surface area contributed by atoms with Gasteiger partial charge in [0.2, 0.25) is 0 Å². The van der Waals surface area contributed by atoms with Crippen molar-refractivity contribution in [2.75, 3.05) is 39.4 Å². The Hall–Kier alpha value is -2.48. The molecule has 5 rings (SSSR count). The van der Waals surface area contributed by atoms with E-state index in [-0.39, 0.29) is 11.9 Å². The fourth-order valence-corrected chi connectivity index (χ4v) is 5.24. The summed E-state index contributed by atoms with van der Waals surface area (Å²) in [5.74, 6) is 0.0521. The van der Waals surface area contributed by atoms with Crippen LogP contribution >= 0.6 is 11.3 Å². The molecule has 0 spiro atoms. The SMILES string of the molecule is Cc1ccc(-c2n[nH]c3c2C(c2cccs2)N(CCCN2CCOCC2)C3=O)cc1. The predicted molar refractivity (Wildman–Crippen MR) is 118 cm³/mol. The van der Waals surface area contributed by atoms with Crippen molar-refractivity contribution in [1.82, 2.24) is 20.0 Å². The van der Waals surface area contributed by atoms with Gasteiger partial charge in [-0.15, -0.1) is 11.3 Å². The van der Waals surface area contributed by atoms with E-state index in [9.17, 15) is 4.79 Å². The largest absolute Gasteiger partial charge is 0.379 e. The molecule has 0 aliphatic carbocycles. The molecule has 1 fully saturated rings. The minimum Gasteiger partial charge on any atom is -0.379 e. The van der Waals surface area contributed by atoms with Crippen molar-refractivity contribution in [3.8, 4) is 11.3 Å². The number of thiophene rings is 1. The second-order valence-corrected chi connectivity index (χ2v) is 8.93. The summed E-state index contributed by atoms with van der Waals surface area (Å²) in [7, 11) is 0. The van der Waals surface area contributed by atoms with E-state index in [4.69, 9.17) is 4.74 Å². The van der Waals surface area contributed by atoms with Crippen LogP contribution in [0.5, 0.6) is 0 Å². The number of hydrogen-bond acceptors (Lipinski definition) is 5. The molecule has 0 bridgehead atoms. The molecule has 30 heavy (non-hydrogen) atoms. The van der Waals surface area contributed by atoms with E-state index in [1.165, 1.54) is 10.4 Å². The average Bonchev–Trinajstić information content (AvgIpc) is 3.49. The molecule has 7 heteroatoms. The highest BCUT2D eigenvalue weighted by Crippen LogP contribution is 2.44. The maximum Gasteiger partial charge on any atom is 0.273 e. The van der Waals surface area contributed by atoms with Gasteiger partial charge in [0.25, 0.3) is 5.91 Å². The highest BCUT2D eigenvalue weighted by atomic mass is 32.1. The number of hydrogen-bond donors (Lipinski definition) is 1. The second-order valence-electron chi connectivity index (χ2n) is 7.95. The van der Waals surface area contributed by atoms with Crippen molar-refractivity contribution >= 4 is 17.2 Å². The molecule has 2 aliphatic heterocycles. The summed E-state index contributed by atoms with van der Waals surface area (Å²) in [6.07, 6.45) is 0.950. The van der Waals surface area contributed by atoms with E-state index >= 15 is 0 Å². The zero-order chi connectivity index (χ0) is 20.5. The topological polar surface area (TPSA) is 61.5 Å². The van der Waals surface area contributed by atoms with Crippen molar-refractivity contribution in [2.45, 2.75) is 19.4 Å². The molecular weight excluding hydrogens is 396 g/mol. The Bertz CT molecular complexity index is 1010. The van der Waals surface area contributed by atoms with Crippen molar-refractivity contribution in [3.05, 3.63) is 63.5 Å². The number of nitrogens with zero attached hydrogens (tertiary/aromatic N) is 3. The zero-order valence-corrected chi connectivity index (χ0v) is 18.0. The first-order valence-corrected chi connectivity index (χ1v) is 11.4. The number of benzene rings is 1. The number of aryl methyl sites for hydroxylation is 1. The Morgan fingerprint density at radius 2 is 1.97 bits per heavy atom. The molecule has 1 unspecified atom stereocenters. The van der Waals surface area contributed by atoms with Crippen LogP contribution in [0, 0.1) is 6.92 Å². The molecule has 6 nitrogen and oxygen atoms in total. The summed E-state index contributed by atoms with van der Waals surface area (Å²) in [5, 5.41) is 9.67. The molecule has 0 saturated carbocycles. The lowest BCUT2D eigenvalue weighted by molar-refractivity contribution is 0.0354. The van der Waals surface area contributed by atoms with E-state index < -0.39 is 0 Å². The van der Waals surface area contributed by atoms with Gasteiger partial charge in [0.15, 0.2) is 0 Å². The van der Waals surface area contributed by atoms with Gasteiger partial charge < -0.3 is 9.64 Å². The molecule has 3 aromatic rings. The van der Waals surface area contributed by atoms with E-state index in [0.29, 0.717) is 5.69 Å². The Labute approximate surface area is 180 Å². The number of rotatable bonds is 6. The van der Waals surface area contributed by atoms with Gasteiger partial charge in [0.05, 0.1) is 24.9 Å². The third-order valence-electron chi connectivity index (χ3n) is 5.98. The summed E-state index contributed by atoms with van der Waals surface area (Å²) < 4.78 is 5.44. The molecular formula is C23H26N4O2S. The number of H-pyrrole nitrogens is 1. The van der Waals surface area contributed by atoms with E-state index in [0.717, 1.165) is 62.6 Å². The molecule has 1 N–H and O–H groups in total. The van der Waals surface area contributed by atoms with Gasteiger partial charge >= 0.3 is 0 Å². The Kier molecular flexibility index (Phi) is 5.41. The van der Waals surface area contributed by atoms with E-state index in [2.05, 4.69) is 63.8 Å². The number of nitrogens with one attached hydrogen (secondary N) is 1. The fourth-order valence-electron chi connectivity index (χ4n) is 4.39. The highest BCUT2D eigenvalue weighted by molar-refractivity contribution is 7.10. The summed E-state index contributed by atoms with van der Waals surface area (Å²) in [6, 6.07) is 12.5. The van der Waals surface area contributed by atoms with E-state index in [1.807, 2.05) is 4.90 Å². The number of ether oxygens (including phenoxy) is 1. The molecule has 1 amide bonds. The lowest BCUT2D eigenvalue weighted by Gasteiger charge is -2.29. The molecule has 2 aliphatic rings. The number of fused-ring (bicyclic) bond motifs is 1. The predicted octanol–water partition coefficient (Wildman–Crippen LogP) is 3.71. The maximum absolute atomic E-state index is 13.3. The Balaban J connectivity index is 1.43. The van der Waals surface area contributed by atoms with Crippen LogP contribution in [-0.2, 0) is 4.74 Å². The van der Waals surface area contributed by atoms with Gasteiger partial charge in [-0.1, -0.05) is 35.9 Å². The van der Waals surface area contributed by atoms with Crippen LogP contribution in [-0.4, -0.2) is 65.3 Å². The number of aromatic nitrogens is 2. The van der Waals surface area contributed by atoms with Crippen LogP contribution < -0.4 is 0 Å². The summed E-state index contributed by atoms with van der Waals surface area (Å²) in [5.41, 5.74) is 4.78. The number of carbonyl (C=O) groups is 1. The van der Waals surface area contributed by atoms with Crippen LogP contribution in [0.15, 0.2) is 41.8 Å². The molecule has 4 heterocycles. The number of amides is 1. The lowest BCUT2D eigenvalue weighted by atomic mass is 10.00. The van der Waals surface area contributed by atoms with Crippen LogP contribution in [0.1, 0.15) is 39.0 Å². The van der Waals surface area contributed by atoms with Crippen molar-refractivity contribution < 1.29 is 9.53 Å². The smallest absolute Gasteiger partial charge is 0.273 e. The van der Waals surface area contributed by atoms with Gasteiger partial charge in [-0.25, -0.2) is 0 Å². The normalized spacial score (nSPS) is 19.4. The lowest BCUT2D eigenvalue weighted by Crippen LogP contribution is -2.38. The Morgan fingerprint density at radius 1 is 1.17 bits per heavy atom. The number of aromatic amines is 1. The first-order valence-electron chi connectivity index (χ1n) is 10.5. The second kappa shape index (κ2) is 8.34. The Morgan fingerprint density at radius 3 is 2.70 bits per heavy atom. The molecule has 1 saturated heterocycles. The van der Waals surface area contributed by atoms with Crippen LogP contribution in [0.2, 0.25) is 0 Å². The molecule has 1 atom stereocenters. The highest BCUT2D eigenvalue weighted by Gasteiger charge is 2.42. The van der Waals surface area contributed by atoms with Gasteiger partial charge in [-0.3, -0.25) is 14.8 Å². The summed E-state index contributed by atoms with van der Waals surface area (Å²) in [4.78, 5) is 18.9. The fraction of sp³-hybridized carbons (Fsp3) is 0.391. The van der Waals surface area contributed by atoms with Crippen molar-refractivity contribution in [3.63, 3.8) is 0 Å². The first-order chi connectivity index (χ1) is 14.7. The third-order valence-corrected chi connectivity index (χ3v) is 6.90. The van der Waals surface area contributed by atoms with Gasteiger partial charge in [-0.05, 0) is 24.8 Å². The van der Waals surface area contributed by atoms with Crippen LogP contribution in [0.25, 0.3) is 11.3 Å². The standard InChI is InChI=1S/C23H26N4O2S/c1-16-5-7-17(8-6-16)20-19-21(25-24-20)23(28)27(22(19)18-4-2-15-30-18)10-3-9-26-11-13-29-14-12-26/h2,4-8,15,22H,3,9-14H2,1H3,(H,24,25). The minimum absolute atomic E-state index is 0.0521. The first kappa shape index (κ1) is 19.5. The van der Waals surface area contributed by atoms with Crippen molar-refractivity contribution in [1.29, 1.82) is 0 Å². The van der Waals surface area contributed by atoms with Gasteiger partial charge in [-0.2, -0.15) is 5.10 Å². The molecule has 1 aromatic carbocycles. The average molecular weight is 423 g/mol. The van der Waals surface area contributed by atoms with Crippen LogP contribution in [0.4, 0.5) is 0 Å². The number of carbonyl (C=O) groups excluding carboxylic acids is 1. The van der Waals surface area contributed by atoms with Crippen LogP contribution in [0.3, 0.4) is 0 Å². The van der Waals surface area contributed by atoms with Crippen molar-refractivity contribution in [2.24, 2.45) is 0 Å².